The molecule has 5 aromatic rings. The van der Waals surface area contributed by atoms with Crippen molar-refractivity contribution >= 4 is 16.9 Å². The van der Waals surface area contributed by atoms with Gasteiger partial charge in [0, 0.05) is 48.6 Å². The van der Waals surface area contributed by atoms with Crippen LogP contribution in [0.3, 0.4) is 0 Å². The highest BCUT2D eigenvalue weighted by Crippen LogP contribution is 2.58. The van der Waals surface area contributed by atoms with Gasteiger partial charge in [-0.2, -0.15) is 17.6 Å². The molecule has 4 heterocycles. The van der Waals surface area contributed by atoms with Crippen molar-refractivity contribution in [1.82, 2.24) is 30.0 Å². The largest absolute Gasteiger partial charge is 0.379 e. The van der Waals surface area contributed by atoms with Crippen LogP contribution in [0.4, 0.5) is 17.6 Å². The monoisotopic (exact) mass is 817 g/mol. The molecule has 2 aromatic heterocycles. The number of benzene rings is 3. The molecule has 0 unspecified atom stereocenters. The standard InChI is InChI=1S/C39H42F4N6O3.C3H9NO2.4H2/c1-23(2)16-36(50)48-22-52-15-14-51-13-11-35(48)37-45-20-33(46-37)26-6-9-29-28-8-5-24(17-30(28)38(40,41)39(42,43)31(29)18-26)25-7-10-34-32(19-25)47-49(34)21-27-4-3-12-44-27;1-5-3-6-2-4;;;;/h5-10,17-20,23,27,35,44,47H,3-4,11-16,21-22H2,1-2H3,(H,45,46);2-4H2,1H3;4*1H/t27-,35-;;;;;/m0...../s1. The number of imidazole rings is 1. The smallest absolute Gasteiger partial charge is 0.340 e. The molecule has 2 saturated heterocycles. The summed E-state index contributed by atoms with van der Waals surface area (Å²) in [6.07, 6.45) is 4.49. The Balaban J connectivity index is 0.000000958. The Labute approximate surface area is 340 Å². The van der Waals surface area contributed by atoms with Crippen LogP contribution in [0.25, 0.3) is 44.5 Å². The predicted molar refractivity (Wildman–Crippen MR) is 219 cm³/mol. The number of methoxy groups -OCH3 is 1. The minimum Gasteiger partial charge on any atom is -0.379 e. The van der Waals surface area contributed by atoms with Gasteiger partial charge in [-0.1, -0.05) is 44.2 Å². The average molecular weight is 818 g/mol. The van der Waals surface area contributed by atoms with Crippen LogP contribution in [0, 0.1) is 5.92 Å². The molecule has 3 aliphatic rings. The number of carbonyl (C=O) groups is 1. The van der Waals surface area contributed by atoms with Crippen molar-refractivity contribution in [3.63, 3.8) is 0 Å². The zero-order valence-electron chi connectivity index (χ0n) is 33.0. The lowest BCUT2D eigenvalue weighted by Gasteiger charge is -2.35. The summed E-state index contributed by atoms with van der Waals surface area (Å²) in [5.41, 5.74) is 7.17. The Kier molecular flexibility index (Phi) is 12.7. The summed E-state index contributed by atoms with van der Waals surface area (Å²) in [5.74, 6) is -8.51. The Morgan fingerprint density at radius 3 is 2.31 bits per heavy atom. The van der Waals surface area contributed by atoms with Crippen LogP contribution in [-0.4, -0.2) is 90.3 Å². The van der Waals surface area contributed by atoms with Crippen molar-refractivity contribution in [2.45, 2.75) is 70.0 Å². The zero-order valence-corrected chi connectivity index (χ0v) is 33.0. The van der Waals surface area contributed by atoms with Gasteiger partial charge in [0.2, 0.25) is 5.91 Å². The fourth-order valence-electron chi connectivity index (χ4n) is 7.84. The van der Waals surface area contributed by atoms with Gasteiger partial charge in [-0.25, -0.2) is 4.98 Å². The fourth-order valence-corrected chi connectivity index (χ4v) is 7.84. The van der Waals surface area contributed by atoms with Crippen LogP contribution in [0.15, 0.2) is 60.8 Å². The molecule has 2 atom stereocenters. The van der Waals surface area contributed by atoms with E-state index in [9.17, 15) is 4.79 Å². The molecule has 5 N–H and O–H groups in total. The maximum atomic E-state index is 16.0. The lowest BCUT2D eigenvalue weighted by Crippen LogP contribution is -2.39. The van der Waals surface area contributed by atoms with E-state index >= 15 is 17.6 Å². The SMILES string of the molecule is CC(C)CC(=O)N1COCCOCC[C@H]1c1ncc(-c2ccc3c(c2)C(F)(F)C(F)(F)c2cc(-c4ccc5c(c4)[nH]n5C[C@@H]4CCCN4)ccc2-3)[nH]1.COCOCN.[HH].[HH].[HH].[HH]. The first-order chi connectivity index (χ1) is 27.9. The number of carbonyl (C=O) groups excluding carboxylic acids is 1. The van der Waals surface area contributed by atoms with Crippen molar-refractivity contribution in [2.75, 3.05) is 53.7 Å². The van der Waals surface area contributed by atoms with Crippen molar-refractivity contribution in [1.29, 1.82) is 0 Å². The van der Waals surface area contributed by atoms with Crippen LogP contribution in [0.2, 0.25) is 0 Å². The van der Waals surface area contributed by atoms with E-state index in [1.165, 1.54) is 24.4 Å². The molecule has 0 saturated carbocycles. The molecule has 58 heavy (non-hydrogen) atoms. The third-order valence-electron chi connectivity index (χ3n) is 10.8. The summed E-state index contributed by atoms with van der Waals surface area (Å²) in [5, 5.41) is 6.79. The number of hydrogen-bond acceptors (Lipinski definition) is 8. The number of rotatable bonds is 10. The van der Waals surface area contributed by atoms with Crippen LogP contribution in [-0.2, 0) is 42.1 Å². The molecule has 0 spiro atoms. The van der Waals surface area contributed by atoms with E-state index in [1.807, 2.05) is 32.0 Å². The summed E-state index contributed by atoms with van der Waals surface area (Å²) < 4.78 is 86.4. The highest BCUT2D eigenvalue weighted by atomic mass is 19.3. The van der Waals surface area contributed by atoms with E-state index in [0.29, 0.717) is 61.3 Å². The van der Waals surface area contributed by atoms with Crippen LogP contribution < -0.4 is 11.1 Å². The molecule has 2 aliphatic heterocycles. The number of hydrogen-bond donors (Lipinski definition) is 4. The topological polar surface area (TPSA) is 145 Å². The number of nitrogens with two attached hydrogens (primary N) is 1. The first-order valence-electron chi connectivity index (χ1n) is 19.7. The van der Waals surface area contributed by atoms with Gasteiger partial charge in [0.25, 0.3) is 0 Å². The van der Waals surface area contributed by atoms with Gasteiger partial charge in [-0.3, -0.25) is 14.6 Å². The van der Waals surface area contributed by atoms with Crippen LogP contribution >= 0.6 is 0 Å². The van der Waals surface area contributed by atoms with Gasteiger partial charge in [0.1, 0.15) is 19.3 Å². The number of amides is 1. The third-order valence-corrected chi connectivity index (χ3v) is 10.8. The number of ether oxygens (including phenoxy) is 4. The minimum atomic E-state index is -4.49. The molecule has 0 bridgehead atoms. The van der Waals surface area contributed by atoms with Gasteiger partial charge in [-0.15, -0.1) is 0 Å². The van der Waals surface area contributed by atoms with Gasteiger partial charge < -0.3 is 39.9 Å². The maximum absolute atomic E-state index is 16.0. The van der Waals surface area contributed by atoms with Crippen LogP contribution in [0.1, 0.15) is 68.2 Å². The molecule has 0 radical (unpaired) electrons. The van der Waals surface area contributed by atoms with Crippen molar-refractivity contribution < 1.29 is 47.0 Å². The van der Waals surface area contributed by atoms with E-state index in [-0.39, 0.29) is 54.5 Å². The number of aromatic amines is 2. The Bertz CT molecular complexity index is 2190. The van der Waals surface area contributed by atoms with Crippen molar-refractivity contribution in [2.24, 2.45) is 11.7 Å². The molecule has 1 amide bonds. The fraction of sp³-hybridized carbons (Fsp3) is 0.476. The van der Waals surface area contributed by atoms with Crippen molar-refractivity contribution in [3.8, 4) is 33.5 Å². The zero-order chi connectivity index (χ0) is 41.0. The number of halogens is 4. The third kappa shape index (κ3) is 8.44. The molecule has 8 rings (SSSR count). The summed E-state index contributed by atoms with van der Waals surface area (Å²) in [7, 11) is 1.55. The quantitative estimate of drug-likeness (QED) is 0.0625. The lowest BCUT2D eigenvalue weighted by atomic mass is 9.78. The number of alkyl halides is 4. The summed E-state index contributed by atoms with van der Waals surface area (Å²) >= 11 is 0. The molecule has 1 aliphatic carbocycles. The Hall–Kier alpha value is -4.58. The number of fused-ring (bicyclic) bond motifs is 4. The first kappa shape index (κ1) is 41.6. The number of nitrogens with zero attached hydrogens (tertiary/aromatic N) is 3. The molecular formula is C42H59F4N7O5. The molecule has 320 valence electrons. The van der Waals surface area contributed by atoms with Gasteiger partial charge in [0.15, 0.2) is 0 Å². The molecule has 3 aromatic carbocycles. The summed E-state index contributed by atoms with van der Waals surface area (Å²) in [6.45, 7) is 7.40. The minimum absolute atomic E-state index is 0. The molecule has 12 nitrogen and oxygen atoms in total. The first-order valence-corrected chi connectivity index (χ1v) is 19.7. The highest BCUT2D eigenvalue weighted by Gasteiger charge is 2.62. The summed E-state index contributed by atoms with van der Waals surface area (Å²) in [6, 6.07) is 14.1. The molecule has 2 fully saturated rings. The second kappa shape index (κ2) is 17.7. The van der Waals surface area contributed by atoms with Gasteiger partial charge in [-0.05, 0) is 78.2 Å². The maximum Gasteiger partial charge on any atom is 0.340 e. The Morgan fingerprint density at radius 1 is 0.966 bits per heavy atom. The van der Waals surface area contributed by atoms with E-state index in [0.717, 1.165) is 43.0 Å². The second-order valence-corrected chi connectivity index (χ2v) is 15.3. The van der Waals surface area contributed by atoms with E-state index in [4.69, 9.17) is 15.2 Å². The Morgan fingerprint density at radius 2 is 1.66 bits per heavy atom. The second-order valence-electron chi connectivity index (χ2n) is 15.3. The average Bonchev–Trinajstić information content (AvgIpc) is 3.93. The predicted octanol–water partition coefficient (Wildman–Crippen LogP) is 8.46. The van der Waals surface area contributed by atoms with Crippen molar-refractivity contribution in [3.05, 3.63) is 77.7 Å². The number of nitrogens with one attached hydrogen (secondary N) is 3. The molecular weight excluding hydrogens is 758 g/mol. The lowest BCUT2D eigenvalue weighted by molar-refractivity contribution is -0.225. The molecule has 16 heteroatoms. The number of aromatic nitrogens is 4. The normalized spacial score (nSPS) is 20.2. The van der Waals surface area contributed by atoms with E-state index in [1.54, 1.807) is 24.1 Å². The highest BCUT2D eigenvalue weighted by molar-refractivity contribution is 5.86. The van der Waals surface area contributed by atoms with E-state index in [2.05, 4.69) is 34.5 Å². The van der Waals surface area contributed by atoms with Gasteiger partial charge in [0.05, 0.1) is 55.5 Å². The van der Waals surface area contributed by atoms with E-state index < -0.39 is 29.0 Å². The van der Waals surface area contributed by atoms with Crippen LogP contribution in [0.5, 0.6) is 0 Å². The summed E-state index contributed by atoms with van der Waals surface area (Å²) in [4.78, 5) is 22.6. The van der Waals surface area contributed by atoms with Gasteiger partial charge >= 0.3 is 11.8 Å². The number of H-pyrrole nitrogens is 2.